The van der Waals surface area contributed by atoms with E-state index in [1.54, 1.807) is 7.05 Å². The van der Waals surface area contributed by atoms with Crippen molar-refractivity contribution in [1.29, 1.82) is 0 Å². The predicted molar refractivity (Wildman–Crippen MR) is 71.6 cm³/mol. The van der Waals surface area contributed by atoms with Gasteiger partial charge in [-0.3, -0.25) is 4.68 Å². The number of nitrogen functional groups attached to an aromatic ring is 1. The van der Waals surface area contributed by atoms with Crippen LogP contribution in [-0.2, 0) is 13.5 Å². The Hall–Kier alpha value is -1.91. The van der Waals surface area contributed by atoms with Crippen LogP contribution in [-0.4, -0.2) is 9.78 Å². The van der Waals surface area contributed by atoms with Crippen molar-refractivity contribution < 1.29 is 8.78 Å². The van der Waals surface area contributed by atoms with Crippen molar-refractivity contribution in [2.45, 2.75) is 26.2 Å². The Morgan fingerprint density at radius 2 is 2.05 bits per heavy atom. The zero-order valence-electron chi connectivity index (χ0n) is 11.1. The Bertz CT molecular complexity index is 591. The van der Waals surface area contributed by atoms with Gasteiger partial charge in [0.2, 0.25) is 0 Å². The highest BCUT2D eigenvalue weighted by molar-refractivity contribution is 5.77. The van der Waals surface area contributed by atoms with Crippen molar-refractivity contribution in [2.24, 2.45) is 7.05 Å². The molecule has 0 aliphatic rings. The van der Waals surface area contributed by atoms with E-state index >= 15 is 0 Å². The lowest BCUT2D eigenvalue weighted by Gasteiger charge is -2.05. The largest absolute Gasteiger partial charge is 0.383 e. The van der Waals surface area contributed by atoms with Crippen molar-refractivity contribution in [3.05, 3.63) is 35.5 Å². The van der Waals surface area contributed by atoms with Gasteiger partial charge < -0.3 is 5.73 Å². The minimum atomic E-state index is -0.613. The van der Waals surface area contributed by atoms with E-state index in [2.05, 4.69) is 12.0 Å². The van der Waals surface area contributed by atoms with Gasteiger partial charge >= 0.3 is 0 Å². The Kier molecular flexibility index (Phi) is 3.83. The van der Waals surface area contributed by atoms with Crippen LogP contribution in [0.4, 0.5) is 14.6 Å². The van der Waals surface area contributed by atoms with Gasteiger partial charge in [-0.15, -0.1) is 0 Å². The van der Waals surface area contributed by atoms with Crippen LogP contribution in [0, 0.1) is 11.6 Å². The van der Waals surface area contributed by atoms with E-state index in [1.807, 2.05) is 0 Å². The fourth-order valence-electron chi connectivity index (χ4n) is 2.10. The summed E-state index contributed by atoms with van der Waals surface area (Å²) in [7, 11) is 1.72. The minimum absolute atomic E-state index is 0.304. The van der Waals surface area contributed by atoms with E-state index in [0.29, 0.717) is 16.9 Å². The van der Waals surface area contributed by atoms with E-state index < -0.39 is 11.6 Å². The summed E-state index contributed by atoms with van der Waals surface area (Å²) < 4.78 is 28.4. The monoisotopic (exact) mass is 265 g/mol. The molecule has 0 aliphatic carbocycles. The van der Waals surface area contributed by atoms with Gasteiger partial charge in [-0.05, 0) is 25.0 Å². The van der Waals surface area contributed by atoms with Crippen LogP contribution in [0.5, 0.6) is 0 Å². The van der Waals surface area contributed by atoms with E-state index in [0.717, 1.165) is 31.0 Å². The van der Waals surface area contributed by atoms with Crippen LogP contribution in [0.1, 0.15) is 25.5 Å². The molecule has 0 spiro atoms. The average molecular weight is 265 g/mol. The number of benzene rings is 1. The van der Waals surface area contributed by atoms with Crippen molar-refractivity contribution >= 4 is 5.82 Å². The predicted octanol–water partition coefficient (Wildman–Crippen LogP) is 3.29. The molecule has 5 heteroatoms. The van der Waals surface area contributed by atoms with Crippen LogP contribution in [0.2, 0.25) is 0 Å². The SMILES string of the molecule is CCCCc1nn(C)c(N)c1-c1ccc(F)cc1F. The lowest BCUT2D eigenvalue weighted by Crippen LogP contribution is -1.98. The minimum Gasteiger partial charge on any atom is -0.383 e. The third-order valence-corrected chi connectivity index (χ3v) is 3.13. The number of nitrogens with two attached hydrogens (primary N) is 1. The molecular formula is C14H17F2N3. The maximum Gasteiger partial charge on any atom is 0.134 e. The number of unbranched alkanes of at least 4 members (excludes halogenated alkanes) is 1. The second-order valence-corrected chi connectivity index (χ2v) is 4.56. The molecule has 2 rings (SSSR count). The number of halogens is 2. The van der Waals surface area contributed by atoms with Gasteiger partial charge in [-0.25, -0.2) is 8.78 Å². The first-order chi connectivity index (χ1) is 9.04. The van der Waals surface area contributed by atoms with E-state index in [9.17, 15) is 8.78 Å². The highest BCUT2D eigenvalue weighted by Crippen LogP contribution is 2.32. The number of anilines is 1. The van der Waals surface area contributed by atoms with Gasteiger partial charge in [0.15, 0.2) is 0 Å². The second kappa shape index (κ2) is 5.38. The van der Waals surface area contributed by atoms with Crippen molar-refractivity contribution in [3.8, 4) is 11.1 Å². The van der Waals surface area contributed by atoms with E-state index in [-0.39, 0.29) is 0 Å². The molecule has 0 saturated carbocycles. The summed E-state index contributed by atoms with van der Waals surface area (Å²) in [6.07, 6.45) is 2.70. The lowest BCUT2D eigenvalue weighted by molar-refractivity contribution is 0.585. The van der Waals surface area contributed by atoms with Gasteiger partial charge in [-0.2, -0.15) is 5.10 Å². The van der Waals surface area contributed by atoms with Crippen LogP contribution in [0.25, 0.3) is 11.1 Å². The molecule has 1 aromatic carbocycles. The second-order valence-electron chi connectivity index (χ2n) is 4.56. The molecule has 3 nitrogen and oxygen atoms in total. The first kappa shape index (κ1) is 13.5. The van der Waals surface area contributed by atoms with Crippen molar-refractivity contribution in [3.63, 3.8) is 0 Å². The lowest BCUT2D eigenvalue weighted by atomic mass is 10.0. The quantitative estimate of drug-likeness (QED) is 0.921. The zero-order valence-corrected chi connectivity index (χ0v) is 11.1. The van der Waals surface area contributed by atoms with Gasteiger partial charge in [-0.1, -0.05) is 13.3 Å². The Balaban J connectivity index is 2.53. The third-order valence-electron chi connectivity index (χ3n) is 3.13. The average Bonchev–Trinajstić information content (AvgIpc) is 2.64. The maximum atomic E-state index is 13.9. The van der Waals surface area contributed by atoms with Gasteiger partial charge in [0, 0.05) is 24.2 Å². The van der Waals surface area contributed by atoms with Gasteiger partial charge in [0.1, 0.15) is 17.5 Å². The smallest absolute Gasteiger partial charge is 0.134 e. The number of hydrogen-bond donors (Lipinski definition) is 1. The molecule has 102 valence electrons. The summed E-state index contributed by atoms with van der Waals surface area (Å²) in [6.45, 7) is 2.07. The van der Waals surface area contributed by atoms with Crippen molar-refractivity contribution in [2.75, 3.05) is 5.73 Å². The van der Waals surface area contributed by atoms with Crippen LogP contribution < -0.4 is 5.73 Å². The van der Waals surface area contributed by atoms with Crippen LogP contribution in [0.3, 0.4) is 0 Å². The normalized spacial score (nSPS) is 10.9. The van der Waals surface area contributed by atoms with E-state index in [4.69, 9.17) is 5.73 Å². The molecule has 1 heterocycles. The number of aryl methyl sites for hydroxylation is 2. The number of rotatable bonds is 4. The molecule has 19 heavy (non-hydrogen) atoms. The van der Waals surface area contributed by atoms with Gasteiger partial charge in [0.25, 0.3) is 0 Å². The zero-order chi connectivity index (χ0) is 14.0. The highest BCUT2D eigenvalue weighted by atomic mass is 19.1. The fourth-order valence-corrected chi connectivity index (χ4v) is 2.10. The molecule has 0 unspecified atom stereocenters. The number of nitrogens with zero attached hydrogens (tertiary/aromatic N) is 2. The third kappa shape index (κ3) is 2.59. The first-order valence-corrected chi connectivity index (χ1v) is 6.31. The molecule has 0 amide bonds. The van der Waals surface area contributed by atoms with Gasteiger partial charge in [0.05, 0.1) is 5.69 Å². The summed E-state index contributed by atoms with van der Waals surface area (Å²) in [6, 6.07) is 3.51. The molecule has 0 fully saturated rings. The summed E-state index contributed by atoms with van der Waals surface area (Å²) in [5.41, 5.74) is 7.59. The Labute approximate surface area is 111 Å². The molecule has 0 atom stereocenters. The molecule has 2 aromatic rings. The summed E-state index contributed by atoms with van der Waals surface area (Å²) in [5, 5.41) is 4.32. The Morgan fingerprint density at radius 1 is 1.32 bits per heavy atom. The highest BCUT2D eigenvalue weighted by Gasteiger charge is 2.18. The first-order valence-electron chi connectivity index (χ1n) is 6.31. The summed E-state index contributed by atoms with van der Waals surface area (Å²) in [5.74, 6) is -0.812. The number of hydrogen-bond acceptors (Lipinski definition) is 2. The number of aromatic nitrogens is 2. The molecule has 0 saturated heterocycles. The molecule has 0 aliphatic heterocycles. The molecular weight excluding hydrogens is 248 g/mol. The standard InChI is InChI=1S/C14H17F2N3/c1-3-4-5-12-13(14(17)19(2)18-12)10-7-6-9(15)8-11(10)16/h6-8H,3-5,17H2,1-2H3. The molecule has 2 N–H and O–H groups in total. The molecule has 0 bridgehead atoms. The van der Waals surface area contributed by atoms with Crippen molar-refractivity contribution in [1.82, 2.24) is 9.78 Å². The maximum absolute atomic E-state index is 13.9. The van der Waals surface area contributed by atoms with Crippen LogP contribution >= 0.6 is 0 Å². The topological polar surface area (TPSA) is 43.8 Å². The molecule has 0 radical (unpaired) electrons. The summed E-state index contributed by atoms with van der Waals surface area (Å²) in [4.78, 5) is 0. The fraction of sp³-hybridized carbons (Fsp3) is 0.357. The van der Waals surface area contributed by atoms with Crippen LogP contribution in [0.15, 0.2) is 18.2 Å². The Morgan fingerprint density at radius 3 is 2.68 bits per heavy atom. The summed E-state index contributed by atoms with van der Waals surface area (Å²) >= 11 is 0. The van der Waals surface area contributed by atoms with E-state index in [1.165, 1.54) is 16.8 Å². The molecule has 1 aromatic heterocycles.